The molecule has 228 valence electrons. The summed E-state index contributed by atoms with van der Waals surface area (Å²) in [4.78, 5) is 5.27. The maximum absolute atomic E-state index is 5.27. The first-order valence-electron chi connectivity index (χ1n) is 16.7. The maximum Gasteiger partial charge on any atom is 0.201 e. The Balaban J connectivity index is 1.13. The third kappa shape index (κ3) is 4.12. The number of nitrogens with zero attached hydrogens (tertiary/aromatic N) is 3. The molecule has 3 heterocycles. The molecular weight excluding hydrogens is 585 g/mol. The smallest absolute Gasteiger partial charge is 0.201 e. The summed E-state index contributed by atoms with van der Waals surface area (Å²) in [5, 5.41) is 11.0. The molecule has 0 amide bonds. The van der Waals surface area contributed by atoms with E-state index in [1.807, 2.05) is 0 Å². The summed E-state index contributed by atoms with van der Waals surface area (Å²) in [7, 11) is 0. The van der Waals surface area contributed by atoms with Crippen LogP contribution in [0.2, 0.25) is 0 Å². The average Bonchev–Trinajstić information content (AvgIpc) is 3.67. The van der Waals surface area contributed by atoms with Gasteiger partial charge in [0.1, 0.15) is 0 Å². The Kier molecular flexibility index (Phi) is 6.03. The van der Waals surface area contributed by atoms with Crippen LogP contribution in [0, 0.1) is 0 Å². The van der Waals surface area contributed by atoms with Gasteiger partial charge in [0, 0.05) is 37.8 Å². The highest BCUT2D eigenvalue weighted by Gasteiger charge is 2.23. The van der Waals surface area contributed by atoms with Gasteiger partial charge in [-0.2, -0.15) is 0 Å². The lowest BCUT2D eigenvalue weighted by Gasteiger charge is -2.25. The summed E-state index contributed by atoms with van der Waals surface area (Å²) in [5.74, 6) is 0. The standard InChI is InChI=1S/C44H32N4/c1-3-13-29(14-4-1)43-35-19-7-10-20-38(35)45-44(46-43)48-40-22-12-9-18-34(40)37-28-31(24-26-42(37)48)30-23-25-41-36(27-30)33-17-8-11-21-39(33)47(41)32-15-5-2-6-16-32/h1-15,17-28,32,44,46H,16H2. The summed E-state index contributed by atoms with van der Waals surface area (Å²) in [6.45, 7) is 0. The van der Waals surface area contributed by atoms with Gasteiger partial charge in [0.2, 0.25) is 6.29 Å². The molecule has 1 N–H and O–H groups in total. The van der Waals surface area contributed by atoms with Gasteiger partial charge in [0.15, 0.2) is 0 Å². The number of rotatable bonds is 4. The lowest BCUT2D eigenvalue weighted by atomic mass is 10.0. The topological polar surface area (TPSA) is 34.2 Å². The number of benzene rings is 6. The van der Waals surface area contributed by atoms with E-state index in [4.69, 9.17) is 4.99 Å². The number of allylic oxidation sites excluding steroid dienone is 4. The molecule has 0 spiro atoms. The lowest BCUT2D eigenvalue weighted by molar-refractivity contribution is 0.489. The van der Waals surface area contributed by atoms with E-state index in [9.17, 15) is 0 Å². The van der Waals surface area contributed by atoms with Gasteiger partial charge in [-0.3, -0.25) is 0 Å². The minimum atomic E-state index is -0.297. The molecule has 1 aliphatic heterocycles. The van der Waals surface area contributed by atoms with Crippen LogP contribution in [0.25, 0.3) is 60.4 Å². The Labute approximate surface area is 277 Å². The Morgan fingerprint density at radius 2 is 1.12 bits per heavy atom. The zero-order valence-electron chi connectivity index (χ0n) is 26.3. The summed E-state index contributed by atoms with van der Waals surface area (Å²) in [5.41, 5.74) is 9.55. The van der Waals surface area contributed by atoms with Crippen molar-refractivity contribution in [1.82, 2.24) is 14.5 Å². The second kappa shape index (κ2) is 10.7. The van der Waals surface area contributed by atoms with Crippen LogP contribution in [0.1, 0.15) is 24.3 Å². The molecule has 10 rings (SSSR count). The quantitative estimate of drug-likeness (QED) is 0.210. The summed E-state index contributed by atoms with van der Waals surface area (Å²) in [6.07, 6.45) is 9.61. The van der Waals surface area contributed by atoms with Crippen LogP contribution in [0.15, 0.2) is 169 Å². The van der Waals surface area contributed by atoms with E-state index in [2.05, 4.69) is 178 Å². The first-order valence-corrected chi connectivity index (χ1v) is 16.7. The average molecular weight is 617 g/mol. The van der Waals surface area contributed by atoms with Crippen LogP contribution < -0.4 is 15.9 Å². The Morgan fingerprint density at radius 3 is 1.83 bits per heavy atom. The van der Waals surface area contributed by atoms with Crippen LogP contribution in [0.4, 0.5) is 0 Å². The second-order valence-electron chi connectivity index (χ2n) is 12.8. The largest absolute Gasteiger partial charge is 0.345 e. The van der Waals surface area contributed by atoms with Crippen LogP contribution >= 0.6 is 0 Å². The molecule has 0 radical (unpaired) electrons. The van der Waals surface area contributed by atoms with E-state index in [1.54, 1.807) is 0 Å². The Hall–Kier alpha value is -6.13. The molecule has 4 heteroatoms. The molecule has 2 aliphatic rings. The molecule has 8 aromatic rings. The summed E-state index contributed by atoms with van der Waals surface area (Å²) < 4.78 is 4.86. The first-order chi connectivity index (χ1) is 23.8. The van der Waals surface area contributed by atoms with E-state index in [0.717, 1.165) is 39.3 Å². The van der Waals surface area contributed by atoms with E-state index < -0.39 is 0 Å². The highest BCUT2D eigenvalue weighted by Crippen LogP contribution is 2.39. The molecule has 2 aromatic heterocycles. The van der Waals surface area contributed by atoms with Gasteiger partial charge in [-0.15, -0.1) is 0 Å². The van der Waals surface area contributed by atoms with Gasteiger partial charge in [-0.25, -0.2) is 4.99 Å². The number of aromatic nitrogens is 2. The minimum absolute atomic E-state index is 0.297. The van der Waals surface area contributed by atoms with E-state index in [1.165, 1.54) is 43.7 Å². The molecular formula is C44H32N4. The molecule has 0 saturated carbocycles. The van der Waals surface area contributed by atoms with Crippen LogP contribution in [0.5, 0.6) is 0 Å². The van der Waals surface area contributed by atoms with Gasteiger partial charge in [-0.05, 0) is 65.6 Å². The fourth-order valence-electron chi connectivity index (χ4n) is 7.88. The van der Waals surface area contributed by atoms with Crippen LogP contribution in [-0.2, 0) is 0 Å². The molecule has 48 heavy (non-hydrogen) atoms. The fraction of sp³-hybridized carbons (Fsp3) is 0.0682. The van der Waals surface area contributed by atoms with Crippen molar-refractivity contribution < 1.29 is 0 Å². The molecule has 0 fully saturated rings. The first kappa shape index (κ1) is 27.0. The zero-order valence-corrected chi connectivity index (χ0v) is 26.3. The molecule has 2 unspecified atom stereocenters. The Morgan fingerprint density at radius 1 is 0.521 bits per heavy atom. The van der Waals surface area contributed by atoms with Gasteiger partial charge in [0.05, 0.1) is 28.1 Å². The number of nitrogens with one attached hydrogen (secondary N) is 1. The fourth-order valence-corrected chi connectivity index (χ4v) is 7.88. The van der Waals surface area contributed by atoms with E-state index in [0.29, 0.717) is 6.04 Å². The van der Waals surface area contributed by atoms with Crippen LogP contribution in [-0.4, -0.2) is 9.13 Å². The molecule has 0 bridgehead atoms. The third-order valence-electron chi connectivity index (χ3n) is 10.1. The molecule has 2 atom stereocenters. The highest BCUT2D eigenvalue weighted by atomic mass is 15.3. The third-order valence-corrected chi connectivity index (χ3v) is 10.1. The SMILES string of the molecule is C1=CCC(n2c3ccccc3c3cc(-c4ccc5c(c4)c4ccccc4n5C4N=c5ccccc5=C(c5ccccc5)N4)ccc32)C=C1. The molecule has 4 nitrogen and oxygen atoms in total. The van der Waals surface area contributed by atoms with Crippen molar-refractivity contribution >= 4 is 49.3 Å². The predicted octanol–water partition coefficient (Wildman–Crippen LogP) is 9.16. The van der Waals surface area contributed by atoms with E-state index in [-0.39, 0.29) is 6.29 Å². The van der Waals surface area contributed by atoms with Crippen molar-refractivity contribution in [3.8, 4) is 11.1 Å². The van der Waals surface area contributed by atoms with Crippen molar-refractivity contribution in [2.45, 2.75) is 18.8 Å². The summed E-state index contributed by atoms with van der Waals surface area (Å²) in [6, 6.07) is 50.7. The number of hydrogen-bond acceptors (Lipinski definition) is 2. The number of fused-ring (bicyclic) bond motifs is 7. The summed E-state index contributed by atoms with van der Waals surface area (Å²) >= 11 is 0. The second-order valence-corrected chi connectivity index (χ2v) is 12.8. The van der Waals surface area contributed by atoms with E-state index >= 15 is 0 Å². The minimum Gasteiger partial charge on any atom is -0.345 e. The van der Waals surface area contributed by atoms with Gasteiger partial charge in [-0.1, -0.05) is 121 Å². The molecule has 0 saturated heterocycles. The zero-order chi connectivity index (χ0) is 31.6. The highest BCUT2D eigenvalue weighted by molar-refractivity contribution is 6.11. The molecule has 6 aromatic carbocycles. The Bertz CT molecular complexity index is 2740. The lowest BCUT2D eigenvalue weighted by Crippen LogP contribution is -2.41. The normalized spacial score (nSPS) is 17.2. The number of para-hydroxylation sites is 3. The predicted molar refractivity (Wildman–Crippen MR) is 198 cm³/mol. The van der Waals surface area contributed by atoms with Crippen molar-refractivity contribution in [1.29, 1.82) is 0 Å². The van der Waals surface area contributed by atoms with Crippen molar-refractivity contribution in [3.63, 3.8) is 0 Å². The maximum atomic E-state index is 5.27. The van der Waals surface area contributed by atoms with Crippen molar-refractivity contribution in [2.75, 3.05) is 0 Å². The van der Waals surface area contributed by atoms with Gasteiger partial charge in [0.25, 0.3) is 0 Å². The van der Waals surface area contributed by atoms with Crippen molar-refractivity contribution in [3.05, 3.63) is 180 Å². The van der Waals surface area contributed by atoms with Crippen LogP contribution in [0.3, 0.4) is 0 Å². The van der Waals surface area contributed by atoms with Gasteiger partial charge >= 0.3 is 0 Å². The number of hydrogen-bond donors (Lipinski definition) is 1. The van der Waals surface area contributed by atoms with Crippen molar-refractivity contribution in [2.24, 2.45) is 4.99 Å². The van der Waals surface area contributed by atoms with Gasteiger partial charge < -0.3 is 14.5 Å². The monoisotopic (exact) mass is 616 g/mol. The molecule has 1 aliphatic carbocycles.